The third-order valence-corrected chi connectivity index (χ3v) is 4.95. The molecule has 144 valence electrons. The summed E-state index contributed by atoms with van der Waals surface area (Å²) in [6.07, 6.45) is 9.77. The van der Waals surface area contributed by atoms with E-state index in [4.69, 9.17) is 9.73 Å². The van der Waals surface area contributed by atoms with Gasteiger partial charge in [0.15, 0.2) is 5.96 Å². The highest BCUT2D eigenvalue weighted by atomic mass is 127. The molecule has 1 aliphatic heterocycles. The van der Waals surface area contributed by atoms with Crippen LogP contribution in [0, 0.1) is 0 Å². The van der Waals surface area contributed by atoms with Crippen molar-refractivity contribution in [2.24, 2.45) is 4.99 Å². The van der Waals surface area contributed by atoms with Crippen molar-refractivity contribution < 1.29 is 4.74 Å². The van der Waals surface area contributed by atoms with E-state index < -0.39 is 0 Å². The number of allylic oxidation sites excluding steroid dienone is 1. The van der Waals surface area contributed by atoms with Gasteiger partial charge in [-0.2, -0.15) is 0 Å². The number of hydrogen-bond donors (Lipinski definition) is 1. The molecular weight excluding hydrogens is 437 g/mol. The van der Waals surface area contributed by atoms with Gasteiger partial charge in [0, 0.05) is 39.0 Å². The number of piperidine rings is 1. The Balaban J connectivity index is 0.00000243. The molecule has 1 saturated heterocycles. The number of hydrogen-bond acceptors (Lipinski definition) is 2. The van der Waals surface area contributed by atoms with Gasteiger partial charge in [-0.1, -0.05) is 29.8 Å². The van der Waals surface area contributed by atoms with Crippen LogP contribution in [0.15, 0.2) is 47.0 Å². The summed E-state index contributed by atoms with van der Waals surface area (Å²) in [5.41, 5.74) is 1.59. The third-order valence-electron chi connectivity index (χ3n) is 4.95. The highest BCUT2D eigenvalue weighted by Crippen LogP contribution is 2.21. The van der Waals surface area contributed by atoms with Crippen LogP contribution in [-0.2, 0) is 0 Å². The van der Waals surface area contributed by atoms with Crippen molar-refractivity contribution in [1.29, 1.82) is 0 Å². The number of likely N-dealkylation sites (tertiary alicyclic amines) is 1. The lowest BCUT2D eigenvalue weighted by atomic mass is 10.1. The molecular formula is C21H32IN3O. The van der Waals surface area contributed by atoms with Gasteiger partial charge in [-0.05, 0) is 44.7 Å². The van der Waals surface area contributed by atoms with Gasteiger partial charge in [-0.15, -0.1) is 24.0 Å². The molecule has 0 unspecified atom stereocenters. The molecule has 0 spiro atoms. The van der Waals surface area contributed by atoms with E-state index in [1.807, 2.05) is 30.3 Å². The van der Waals surface area contributed by atoms with Gasteiger partial charge in [0.05, 0.1) is 0 Å². The molecule has 2 aliphatic rings. The van der Waals surface area contributed by atoms with Crippen LogP contribution in [0.3, 0.4) is 0 Å². The number of nitrogens with one attached hydrogen (secondary N) is 1. The third kappa shape index (κ3) is 6.49. The second-order valence-electron chi connectivity index (χ2n) is 6.86. The van der Waals surface area contributed by atoms with E-state index in [1.165, 1.54) is 19.3 Å². The quantitative estimate of drug-likeness (QED) is 0.286. The van der Waals surface area contributed by atoms with Crippen molar-refractivity contribution in [2.75, 3.05) is 26.2 Å². The Morgan fingerprint density at radius 1 is 1.23 bits per heavy atom. The van der Waals surface area contributed by atoms with Gasteiger partial charge in [0.1, 0.15) is 11.9 Å². The second-order valence-corrected chi connectivity index (χ2v) is 6.86. The van der Waals surface area contributed by atoms with Gasteiger partial charge in [-0.3, -0.25) is 4.99 Å². The molecule has 1 aromatic carbocycles. The summed E-state index contributed by atoms with van der Waals surface area (Å²) in [6, 6.07) is 10.2. The van der Waals surface area contributed by atoms with Crippen molar-refractivity contribution >= 4 is 29.9 Å². The normalized spacial score (nSPS) is 18.3. The van der Waals surface area contributed by atoms with Crippen molar-refractivity contribution in [1.82, 2.24) is 10.2 Å². The molecule has 0 amide bonds. The Hall–Kier alpha value is -1.24. The molecule has 4 nitrogen and oxygen atoms in total. The number of para-hydroxylation sites is 1. The number of aliphatic imine (C=N–C) groups is 1. The molecule has 0 aromatic heterocycles. The molecule has 1 aliphatic carbocycles. The van der Waals surface area contributed by atoms with Crippen LogP contribution in [-0.4, -0.2) is 43.1 Å². The largest absolute Gasteiger partial charge is 0.490 e. The van der Waals surface area contributed by atoms with E-state index in [0.717, 1.165) is 57.2 Å². The van der Waals surface area contributed by atoms with Crippen LogP contribution in [0.4, 0.5) is 0 Å². The van der Waals surface area contributed by atoms with E-state index in [0.29, 0.717) is 6.10 Å². The summed E-state index contributed by atoms with van der Waals surface area (Å²) in [4.78, 5) is 7.25. The molecule has 3 rings (SSSR count). The number of ether oxygens (including phenoxy) is 1. The zero-order chi connectivity index (χ0) is 17.3. The molecule has 1 heterocycles. The minimum absolute atomic E-state index is 0. The Morgan fingerprint density at radius 2 is 2.00 bits per heavy atom. The fourth-order valence-corrected chi connectivity index (χ4v) is 3.57. The summed E-state index contributed by atoms with van der Waals surface area (Å²) in [5, 5.41) is 3.46. The van der Waals surface area contributed by atoms with Crippen LogP contribution in [0.25, 0.3) is 0 Å². The molecule has 26 heavy (non-hydrogen) atoms. The molecule has 0 saturated carbocycles. The molecule has 1 fully saturated rings. The fraction of sp³-hybridized carbons (Fsp3) is 0.571. The smallest absolute Gasteiger partial charge is 0.193 e. The minimum atomic E-state index is 0. The standard InChI is InChI=1S/C21H31N3O.HI/c1-2-22-21(23-15-12-18-8-6-7-9-18)24-16-13-20(14-17-24)25-19-10-4-3-5-11-19;/h3-5,8,10-11,20H,2,6-7,9,12-17H2,1H3,(H,22,23);1H. The maximum absolute atomic E-state index is 6.10. The molecule has 0 radical (unpaired) electrons. The van der Waals surface area contributed by atoms with Gasteiger partial charge in [0.25, 0.3) is 0 Å². The lowest BCUT2D eigenvalue weighted by molar-refractivity contribution is 0.129. The maximum atomic E-state index is 6.10. The lowest BCUT2D eigenvalue weighted by Gasteiger charge is -2.34. The summed E-state index contributed by atoms with van der Waals surface area (Å²) >= 11 is 0. The minimum Gasteiger partial charge on any atom is -0.490 e. The average Bonchev–Trinajstić information content (AvgIpc) is 3.16. The first-order valence-electron chi connectivity index (χ1n) is 9.78. The first kappa shape index (κ1) is 21.1. The van der Waals surface area contributed by atoms with E-state index in [1.54, 1.807) is 5.57 Å². The number of benzene rings is 1. The Bertz CT molecular complexity index is 580. The topological polar surface area (TPSA) is 36.9 Å². The van der Waals surface area contributed by atoms with Gasteiger partial charge in [0.2, 0.25) is 0 Å². The second kappa shape index (κ2) is 11.5. The van der Waals surface area contributed by atoms with Crippen LogP contribution >= 0.6 is 24.0 Å². The number of nitrogens with zero attached hydrogens (tertiary/aromatic N) is 2. The Morgan fingerprint density at radius 3 is 2.65 bits per heavy atom. The zero-order valence-corrected chi connectivity index (χ0v) is 18.2. The Labute approximate surface area is 175 Å². The van der Waals surface area contributed by atoms with Crippen molar-refractivity contribution in [3.05, 3.63) is 42.0 Å². The highest BCUT2D eigenvalue weighted by molar-refractivity contribution is 14.0. The van der Waals surface area contributed by atoms with E-state index in [2.05, 4.69) is 23.2 Å². The van der Waals surface area contributed by atoms with Crippen LogP contribution in [0.1, 0.15) is 45.4 Å². The SMILES string of the molecule is CCNC(=NCCC1=CCCC1)N1CCC(Oc2ccccc2)CC1.I. The summed E-state index contributed by atoms with van der Waals surface area (Å²) in [7, 11) is 0. The van der Waals surface area contributed by atoms with Gasteiger partial charge in [-0.25, -0.2) is 0 Å². The first-order chi connectivity index (χ1) is 12.3. The molecule has 0 atom stereocenters. The fourth-order valence-electron chi connectivity index (χ4n) is 3.57. The predicted molar refractivity (Wildman–Crippen MR) is 120 cm³/mol. The van der Waals surface area contributed by atoms with Crippen LogP contribution in [0.2, 0.25) is 0 Å². The monoisotopic (exact) mass is 469 g/mol. The lowest BCUT2D eigenvalue weighted by Crippen LogP contribution is -2.47. The molecule has 0 bridgehead atoms. The van der Waals surface area contributed by atoms with Gasteiger partial charge < -0.3 is 15.0 Å². The molecule has 1 aromatic rings. The summed E-state index contributed by atoms with van der Waals surface area (Å²) in [6.45, 7) is 5.97. The van der Waals surface area contributed by atoms with Crippen LogP contribution < -0.4 is 10.1 Å². The van der Waals surface area contributed by atoms with Crippen molar-refractivity contribution in [2.45, 2.75) is 51.6 Å². The zero-order valence-electron chi connectivity index (χ0n) is 15.8. The summed E-state index contributed by atoms with van der Waals surface area (Å²) in [5.74, 6) is 2.05. The maximum Gasteiger partial charge on any atom is 0.193 e. The molecule has 1 N–H and O–H groups in total. The number of rotatable bonds is 6. The summed E-state index contributed by atoms with van der Waals surface area (Å²) < 4.78 is 6.10. The van der Waals surface area contributed by atoms with E-state index >= 15 is 0 Å². The van der Waals surface area contributed by atoms with Crippen molar-refractivity contribution in [3.8, 4) is 5.75 Å². The van der Waals surface area contributed by atoms with Crippen molar-refractivity contribution in [3.63, 3.8) is 0 Å². The highest BCUT2D eigenvalue weighted by Gasteiger charge is 2.22. The number of halogens is 1. The molecule has 5 heteroatoms. The Kier molecular flexibility index (Phi) is 9.29. The van der Waals surface area contributed by atoms with Crippen LogP contribution in [0.5, 0.6) is 5.75 Å². The van der Waals surface area contributed by atoms with E-state index in [9.17, 15) is 0 Å². The first-order valence-corrected chi connectivity index (χ1v) is 9.78. The van der Waals surface area contributed by atoms with Gasteiger partial charge >= 0.3 is 0 Å². The number of guanidine groups is 1. The predicted octanol–water partition coefficient (Wildman–Crippen LogP) is 4.61. The van der Waals surface area contributed by atoms with E-state index in [-0.39, 0.29) is 24.0 Å². The average molecular weight is 469 g/mol.